The molecule has 3 atom stereocenters. The minimum Gasteiger partial charge on any atom is -0.394 e. The van der Waals surface area contributed by atoms with E-state index in [9.17, 15) is 9.32 Å². The Hall–Kier alpha value is -0.560. The van der Waals surface area contributed by atoms with E-state index in [1.807, 2.05) is 0 Å². The molecule has 3 N–H and O–H groups in total. The van der Waals surface area contributed by atoms with E-state index < -0.39 is 24.9 Å². The molecular formula is C6H11FO5. The predicted octanol–water partition coefficient (Wildman–Crippen LogP) is -1.44. The number of rotatable bonds is 6. The molecule has 0 spiro atoms. The molecule has 0 heterocycles. The summed E-state index contributed by atoms with van der Waals surface area (Å²) in [4.78, 5) is 13.1. The first kappa shape index (κ1) is 11.4. The predicted molar refractivity (Wildman–Crippen MR) is 35.8 cm³/mol. The van der Waals surface area contributed by atoms with Crippen LogP contribution < -0.4 is 0 Å². The Bertz CT molecular complexity index is 131. The van der Waals surface area contributed by atoms with Gasteiger partial charge in [-0.2, -0.15) is 4.94 Å². The number of hydrogen-bond donors (Lipinski definition) is 3. The normalized spacial score (nSPS) is 18.3. The smallest absolute Gasteiger partial charge is 0.133 e. The van der Waals surface area contributed by atoms with Gasteiger partial charge in [-0.1, -0.05) is 0 Å². The number of carbonyl (C=O) groups is 1. The molecule has 0 aromatic rings. The van der Waals surface area contributed by atoms with Crippen molar-refractivity contribution in [3.8, 4) is 0 Å². The molecule has 6 heteroatoms. The van der Waals surface area contributed by atoms with Crippen LogP contribution in [0.25, 0.3) is 0 Å². The SMILES string of the molecule is O=CC[C@H](OF)[C@@H](O)[C@H](O)CO. The van der Waals surface area contributed by atoms with Crippen LogP contribution in [0.3, 0.4) is 0 Å². The highest BCUT2D eigenvalue weighted by Gasteiger charge is 2.27. The van der Waals surface area contributed by atoms with Gasteiger partial charge >= 0.3 is 0 Å². The summed E-state index contributed by atoms with van der Waals surface area (Å²) < 4.78 is 11.6. The molecule has 0 unspecified atom stereocenters. The summed E-state index contributed by atoms with van der Waals surface area (Å²) in [5.74, 6) is 0. The molecule has 5 nitrogen and oxygen atoms in total. The second kappa shape index (κ2) is 6.01. The molecule has 0 bridgehead atoms. The number of aldehydes is 1. The monoisotopic (exact) mass is 182 g/mol. The molecule has 12 heavy (non-hydrogen) atoms. The van der Waals surface area contributed by atoms with Gasteiger partial charge in [0, 0.05) is 6.42 Å². The summed E-state index contributed by atoms with van der Waals surface area (Å²) in [5, 5.41) is 26.1. The van der Waals surface area contributed by atoms with Crippen LogP contribution in [0.1, 0.15) is 6.42 Å². The number of carbonyl (C=O) groups excluding carboxylic acids is 1. The Kier molecular flexibility index (Phi) is 5.73. The lowest BCUT2D eigenvalue weighted by Gasteiger charge is -2.20. The van der Waals surface area contributed by atoms with E-state index in [-0.39, 0.29) is 6.42 Å². The summed E-state index contributed by atoms with van der Waals surface area (Å²) in [6.45, 7) is -0.722. The summed E-state index contributed by atoms with van der Waals surface area (Å²) in [5.41, 5.74) is 0. The molecule has 72 valence electrons. The molecule has 0 aromatic carbocycles. The third kappa shape index (κ3) is 3.22. The summed E-state index contributed by atoms with van der Waals surface area (Å²) in [6.07, 6.45) is -4.58. The summed E-state index contributed by atoms with van der Waals surface area (Å²) in [7, 11) is 0. The fourth-order valence-electron chi connectivity index (χ4n) is 0.679. The lowest BCUT2D eigenvalue weighted by atomic mass is 10.1. The number of aliphatic hydroxyl groups is 3. The van der Waals surface area contributed by atoms with E-state index in [0.29, 0.717) is 6.29 Å². The van der Waals surface area contributed by atoms with Crippen LogP contribution in [0, 0.1) is 0 Å². The number of aliphatic hydroxyl groups excluding tert-OH is 3. The van der Waals surface area contributed by atoms with E-state index in [2.05, 4.69) is 4.94 Å². The average molecular weight is 182 g/mol. The molecule has 0 aliphatic rings. The van der Waals surface area contributed by atoms with E-state index in [1.54, 1.807) is 0 Å². The van der Waals surface area contributed by atoms with Crippen molar-refractivity contribution in [2.45, 2.75) is 24.7 Å². The van der Waals surface area contributed by atoms with Crippen LogP contribution in [0.5, 0.6) is 0 Å². The molecule has 0 aliphatic heterocycles. The first-order chi connectivity index (χ1) is 5.67. The van der Waals surface area contributed by atoms with Crippen LogP contribution in [0.2, 0.25) is 0 Å². The molecule has 0 aliphatic carbocycles. The zero-order valence-corrected chi connectivity index (χ0v) is 6.26. The Labute approximate surface area is 68.3 Å². The van der Waals surface area contributed by atoms with Crippen molar-refractivity contribution < 1.29 is 29.6 Å². The van der Waals surface area contributed by atoms with Crippen LogP contribution in [0.15, 0.2) is 0 Å². The van der Waals surface area contributed by atoms with Crippen molar-refractivity contribution in [3.63, 3.8) is 0 Å². The molecule has 0 radical (unpaired) electrons. The second-order valence-corrected chi connectivity index (χ2v) is 2.27. The summed E-state index contributed by atoms with van der Waals surface area (Å²) >= 11 is 0. The Morgan fingerprint density at radius 2 is 2.08 bits per heavy atom. The average Bonchev–Trinajstić information content (AvgIpc) is 2.11. The Morgan fingerprint density at radius 1 is 1.50 bits per heavy atom. The highest BCUT2D eigenvalue weighted by atomic mass is 19.3. The van der Waals surface area contributed by atoms with Crippen molar-refractivity contribution in [2.75, 3.05) is 6.61 Å². The van der Waals surface area contributed by atoms with Crippen molar-refractivity contribution >= 4 is 6.29 Å². The highest BCUT2D eigenvalue weighted by Crippen LogP contribution is 2.07. The zero-order valence-electron chi connectivity index (χ0n) is 6.26. The molecule has 0 amide bonds. The quantitative estimate of drug-likeness (QED) is 0.438. The van der Waals surface area contributed by atoms with Gasteiger partial charge in [0.2, 0.25) is 0 Å². The first-order valence-electron chi connectivity index (χ1n) is 3.35. The van der Waals surface area contributed by atoms with Crippen molar-refractivity contribution in [1.82, 2.24) is 0 Å². The maximum absolute atomic E-state index is 11.6. The minimum atomic E-state index is -1.61. The highest BCUT2D eigenvalue weighted by molar-refractivity contribution is 5.50. The van der Waals surface area contributed by atoms with Gasteiger partial charge in [0.25, 0.3) is 0 Å². The van der Waals surface area contributed by atoms with Gasteiger partial charge < -0.3 is 20.1 Å². The maximum atomic E-state index is 11.6. The molecule has 0 aromatic heterocycles. The van der Waals surface area contributed by atoms with E-state index in [4.69, 9.17) is 15.3 Å². The van der Waals surface area contributed by atoms with Gasteiger partial charge in [0.15, 0.2) is 0 Å². The minimum absolute atomic E-state index is 0.345. The Balaban J connectivity index is 3.99. The van der Waals surface area contributed by atoms with Crippen molar-refractivity contribution in [3.05, 3.63) is 0 Å². The van der Waals surface area contributed by atoms with Crippen LogP contribution in [0.4, 0.5) is 4.53 Å². The third-order valence-corrected chi connectivity index (χ3v) is 1.41. The largest absolute Gasteiger partial charge is 0.394 e. The zero-order chi connectivity index (χ0) is 9.56. The fourth-order valence-corrected chi connectivity index (χ4v) is 0.679. The molecule has 0 saturated carbocycles. The topological polar surface area (TPSA) is 87.0 Å². The maximum Gasteiger partial charge on any atom is 0.133 e. The van der Waals surface area contributed by atoms with Crippen LogP contribution >= 0.6 is 0 Å². The van der Waals surface area contributed by atoms with Gasteiger partial charge in [-0.25, -0.2) is 0 Å². The van der Waals surface area contributed by atoms with Gasteiger partial charge in [0.05, 0.1) is 6.61 Å². The van der Waals surface area contributed by atoms with Crippen molar-refractivity contribution in [1.29, 1.82) is 0 Å². The van der Waals surface area contributed by atoms with Gasteiger partial charge in [0.1, 0.15) is 24.6 Å². The van der Waals surface area contributed by atoms with Crippen LogP contribution in [-0.2, 0) is 9.74 Å². The lowest BCUT2D eigenvalue weighted by molar-refractivity contribution is -0.224. The molecule has 0 rings (SSSR count). The van der Waals surface area contributed by atoms with Gasteiger partial charge in [-0.05, 0) is 4.53 Å². The Morgan fingerprint density at radius 3 is 2.42 bits per heavy atom. The molecular weight excluding hydrogens is 171 g/mol. The van der Waals surface area contributed by atoms with E-state index in [1.165, 1.54) is 0 Å². The number of hydrogen-bond acceptors (Lipinski definition) is 5. The van der Waals surface area contributed by atoms with Crippen molar-refractivity contribution in [2.24, 2.45) is 0 Å². The third-order valence-electron chi connectivity index (χ3n) is 1.41. The van der Waals surface area contributed by atoms with Gasteiger partial charge in [-0.15, -0.1) is 0 Å². The summed E-state index contributed by atoms with van der Waals surface area (Å²) in [6, 6.07) is 0. The first-order valence-corrected chi connectivity index (χ1v) is 3.35. The molecule has 0 fully saturated rings. The lowest BCUT2D eigenvalue weighted by Crippen LogP contribution is -2.40. The fraction of sp³-hybridized carbons (Fsp3) is 0.833. The van der Waals surface area contributed by atoms with Crippen LogP contribution in [-0.4, -0.2) is 46.5 Å². The van der Waals surface area contributed by atoms with E-state index >= 15 is 0 Å². The standard InChI is InChI=1S/C6H11FO5/c7-12-5(1-2-8)6(11)4(10)3-9/h2,4-6,9-11H,1,3H2/t4-,5+,6+/m1/s1. The second-order valence-electron chi connectivity index (χ2n) is 2.27. The molecule has 0 saturated heterocycles. The number of halogens is 1. The van der Waals surface area contributed by atoms with E-state index in [0.717, 1.165) is 0 Å². The van der Waals surface area contributed by atoms with Gasteiger partial charge in [-0.3, -0.25) is 0 Å².